The van der Waals surface area contributed by atoms with Crippen LogP contribution in [0.25, 0.3) is 0 Å². The summed E-state index contributed by atoms with van der Waals surface area (Å²) in [6, 6.07) is 9.12. The molecule has 0 spiro atoms. The molecule has 0 aromatic heterocycles. The Labute approximate surface area is 131 Å². The van der Waals surface area contributed by atoms with Crippen molar-refractivity contribution in [3.63, 3.8) is 0 Å². The smallest absolute Gasteiger partial charge is 0.408 e. The Morgan fingerprint density at radius 1 is 1.27 bits per heavy atom. The number of ketones is 1. The van der Waals surface area contributed by atoms with Gasteiger partial charge in [-0.2, -0.15) is 0 Å². The van der Waals surface area contributed by atoms with Crippen LogP contribution < -0.4 is 5.32 Å². The quantitative estimate of drug-likeness (QED) is 0.932. The van der Waals surface area contributed by atoms with Gasteiger partial charge < -0.3 is 10.1 Å². The van der Waals surface area contributed by atoms with Crippen LogP contribution in [0.2, 0.25) is 0 Å². The molecule has 0 saturated heterocycles. The van der Waals surface area contributed by atoms with Crippen LogP contribution in [-0.2, 0) is 16.1 Å². The molecule has 2 fully saturated rings. The Hall–Kier alpha value is -1.84. The van der Waals surface area contributed by atoms with E-state index >= 15 is 0 Å². The number of carbonyl (C=O) groups excluding carboxylic acids is 2. The molecule has 0 radical (unpaired) electrons. The van der Waals surface area contributed by atoms with E-state index in [0.717, 1.165) is 18.4 Å². The minimum Gasteiger partial charge on any atom is -0.445 e. The van der Waals surface area contributed by atoms with Crippen molar-refractivity contribution >= 4 is 11.9 Å². The highest BCUT2D eigenvalue weighted by Crippen LogP contribution is 2.63. The van der Waals surface area contributed by atoms with Gasteiger partial charge in [0, 0.05) is 5.41 Å². The second-order valence-corrected chi connectivity index (χ2v) is 7.25. The third-order valence-electron chi connectivity index (χ3n) is 6.02. The summed E-state index contributed by atoms with van der Waals surface area (Å²) in [4.78, 5) is 24.7. The summed E-state index contributed by atoms with van der Waals surface area (Å²) in [7, 11) is 0. The molecule has 3 unspecified atom stereocenters. The van der Waals surface area contributed by atoms with Gasteiger partial charge in [0.25, 0.3) is 0 Å². The molecule has 4 heteroatoms. The van der Waals surface area contributed by atoms with E-state index in [1.54, 1.807) is 0 Å². The lowest BCUT2D eigenvalue weighted by Crippen LogP contribution is -2.46. The van der Waals surface area contributed by atoms with E-state index in [2.05, 4.69) is 19.2 Å². The maximum absolute atomic E-state index is 12.6. The summed E-state index contributed by atoms with van der Waals surface area (Å²) in [6.45, 7) is 6.53. The number of fused-ring (bicyclic) bond motifs is 2. The average Bonchev–Trinajstić information content (AvgIpc) is 2.80. The monoisotopic (exact) mass is 301 g/mol. The molecule has 0 aliphatic heterocycles. The fourth-order valence-corrected chi connectivity index (χ4v) is 4.14. The topological polar surface area (TPSA) is 55.4 Å². The van der Waals surface area contributed by atoms with Crippen molar-refractivity contribution in [2.24, 2.45) is 16.7 Å². The number of hydrogen-bond acceptors (Lipinski definition) is 3. The third kappa shape index (κ3) is 2.13. The van der Waals surface area contributed by atoms with E-state index in [9.17, 15) is 9.59 Å². The van der Waals surface area contributed by atoms with Crippen molar-refractivity contribution in [1.82, 2.24) is 5.32 Å². The van der Waals surface area contributed by atoms with Crippen molar-refractivity contribution < 1.29 is 14.3 Å². The van der Waals surface area contributed by atoms with Crippen LogP contribution >= 0.6 is 0 Å². The van der Waals surface area contributed by atoms with Gasteiger partial charge in [-0.05, 0) is 29.7 Å². The molecule has 1 aromatic carbocycles. The van der Waals surface area contributed by atoms with E-state index in [4.69, 9.17) is 4.74 Å². The summed E-state index contributed by atoms with van der Waals surface area (Å²) in [5.41, 5.74) is 0.542. The summed E-state index contributed by atoms with van der Waals surface area (Å²) in [5, 5.41) is 2.80. The number of Topliss-reactive ketones (excluding diaryl/α,β-unsaturated/α-hetero) is 1. The van der Waals surface area contributed by atoms with Crippen LogP contribution in [0.15, 0.2) is 30.3 Å². The Morgan fingerprint density at radius 3 is 2.55 bits per heavy atom. The maximum Gasteiger partial charge on any atom is 0.408 e. The van der Waals surface area contributed by atoms with Gasteiger partial charge in [-0.3, -0.25) is 4.79 Å². The zero-order valence-corrected chi connectivity index (χ0v) is 13.4. The normalized spacial score (nSPS) is 32.0. The molecule has 118 valence electrons. The minimum absolute atomic E-state index is 0.0680. The number of rotatable bonds is 3. The first-order chi connectivity index (χ1) is 10.4. The van der Waals surface area contributed by atoms with E-state index in [-0.39, 0.29) is 29.1 Å². The van der Waals surface area contributed by atoms with E-state index in [0.29, 0.717) is 0 Å². The van der Waals surface area contributed by atoms with Gasteiger partial charge in [0.15, 0.2) is 5.78 Å². The molecule has 4 nitrogen and oxygen atoms in total. The van der Waals surface area contributed by atoms with Gasteiger partial charge in [0.1, 0.15) is 6.61 Å². The summed E-state index contributed by atoms with van der Waals surface area (Å²) < 4.78 is 5.24. The fourth-order valence-electron chi connectivity index (χ4n) is 4.14. The number of ether oxygens (including phenoxy) is 1. The molecular weight excluding hydrogens is 278 g/mol. The van der Waals surface area contributed by atoms with E-state index in [1.165, 1.54) is 0 Å². The Morgan fingerprint density at radius 2 is 1.95 bits per heavy atom. The van der Waals surface area contributed by atoms with Gasteiger partial charge in [-0.25, -0.2) is 4.79 Å². The number of alkyl carbamates (subject to hydrolysis) is 1. The van der Waals surface area contributed by atoms with Gasteiger partial charge in [0.2, 0.25) is 0 Å². The lowest BCUT2D eigenvalue weighted by molar-refractivity contribution is -0.129. The van der Waals surface area contributed by atoms with Crippen LogP contribution in [0.3, 0.4) is 0 Å². The molecule has 3 rings (SSSR count). The lowest BCUT2D eigenvalue weighted by atomic mass is 9.70. The second kappa shape index (κ2) is 5.11. The van der Waals surface area contributed by atoms with Crippen LogP contribution in [0, 0.1) is 16.7 Å². The first kappa shape index (κ1) is 15.1. The number of carbonyl (C=O) groups is 2. The van der Waals surface area contributed by atoms with Gasteiger partial charge in [-0.1, -0.05) is 51.1 Å². The number of amides is 1. The third-order valence-corrected chi connectivity index (χ3v) is 6.02. The molecule has 2 saturated carbocycles. The van der Waals surface area contributed by atoms with Crippen molar-refractivity contribution in [2.75, 3.05) is 0 Å². The summed E-state index contributed by atoms with van der Waals surface area (Å²) in [5.74, 6) is 0.361. The molecule has 2 aliphatic rings. The van der Waals surface area contributed by atoms with Gasteiger partial charge >= 0.3 is 6.09 Å². The Bertz CT molecular complexity index is 596. The molecular formula is C18H23NO3. The van der Waals surface area contributed by atoms with E-state index < -0.39 is 12.1 Å². The molecule has 22 heavy (non-hydrogen) atoms. The number of benzene rings is 1. The van der Waals surface area contributed by atoms with Crippen molar-refractivity contribution in [3.8, 4) is 0 Å². The highest BCUT2D eigenvalue weighted by atomic mass is 16.5. The largest absolute Gasteiger partial charge is 0.445 e. The van der Waals surface area contributed by atoms with E-state index in [1.807, 2.05) is 37.3 Å². The van der Waals surface area contributed by atoms with Crippen LogP contribution in [0.4, 0.5) is 4.79 Å². The second-order valence-electron chi connectivity index (χ2n) is 7.25. The highest BCUT2D eigenvalue weighted by Gasteiger charge is 2.66. The standard InChI is InChI=1S/C18H23NO3/c1-17(2)13-9-10-18(17,3)15(20)14(13)19-16(21)22-11-12-7-5-4-6-8-12/h4-8,13-14H,9-11H2,1-3H3,(H,19,21). The Balaban J connectivity index is 1.62. The SMILES string of the molecule is CC12CCC(C(NC(=O)OCc3ccccc3)C1=O)C2(C)C. The lowest BCUT2D eigenvalue weighted by Gasteiger charge is -2.32. The van der Waals surface area contributed by atoms with Crippen LogP contribution in [-0.4, -0.2) is 17.9 Å². The predicted octanol–water partition coefficient (Wildman–Crippen LogP) is 3.31. The predicted molar refractivity (Wildman–Crippen MR) is 83.2 cm³/mol. The van der Waals surface area contributed by atoms with Crippen molar-refractivity contribution in [1.29, 1.82) is 0 Å². The maximum atomic E-state index is 12.6. The number of hydrogen-bond donors (Lipinski definition) is 1. The zero-order valence-electron chi connectivity index (χ0n) is 13.4. The Kier molecular flexibility index (Phi) is 3.50. The van der Waals surface area contributed by atoms with Gasteiger partial charge in [-0.15, -0.1) is 0 Å². The molecule has 2 bridgehead atoms. The van der Waals surface area contributed by atoms with Crippen LogP contribution in [0.1, 0.15) is 39.2 Å². The van der Waals surface area contributed by atoms with Crippen molar-refractivity contribution in [2.45, 2.75) is 46.3 Å². The van der Waals surface area contributed by atoms with Gasteiger partial charge in [0.05, 0.1) is 6.04 Å². The molecule has 2 aliphatic carbocycles. The molecule has 1 aromatic rings. The molecule has 1 amide bonds. The highest BCUT2D eigenvalue weighted by molar-refractivity contribution is 5.96. The summed E-state index contributed by atoms with van der Waals surface area (Å²) in [6.07, 6.45) is 1.40. The number of nitrogens with one attached hydrogen (secondary N) is 1. The minimum atomic E-state index is -0.505. The molecule has 3 atom stereocenters. The average molecular weight is 301 g/mol. The van der Waals surface area contributed by atoms with Crippen molar-refractivity contribution in [3.05, 3.63) is 35.9 Å². The first-order valence-electron chi connectivity index (χ1n) is 7.88. The first-order valence-corrected chi connectivity index (χ1v) is 7.88. The van der Waals surface area contributed by atoms with Crippen LogP contribution in [0.5, 0.6) is 0 Å². The molecule has 1 N–H and O–H groups in total. The zero-order chi connectivity index (χ0) is 16.0. The molecule has 0 heterocycles. The summed E-state index contributed by atoms with van der Waals surface area (Å²) >= 11 is 0. The fraction of sp³-hybridized carbons (Fsp3) is 0.556.